The third kappa shape index (κ3) is 2.78. The molecule has 0 bridgehead atoms. The number of alkyl halides is 2. The molecule has 110 valence electrons. The van der Waals surface area contributed by atoms with Gasteiger partial charge in [0.05, 0.1) is 23.8 Å². The van der Waals surface area contributed by atoms with E-state index >= 15 is 0 Å². The quantitative estimate of drug-likeness (QED) is 0.876. The molecule has 21 heavy (non-hydrogen) atoms. The number of carbonyl (C=O) groups excluding carboxylic acids is 1. The van der Waals surface area contributed by atoms with Crippen molar-refractivity contribution in [2.45, 2.75) is 24.2 Å². The number of anilines is 1. The fourth-order valence-electron chi connectivity index (χ4n) is 2.20. The average Bonchev–Trinajstić information content (AvgIpc) is 2.77. The van der Waals surface area contributed by atoms with Gasteiger partial charge in [-0.1, -0.05) is 30.3 Å². The Labute approximate surface area is 133 Å². The second-order valence-electron chi connectivity index (χ2n) is 5.58. The highest BCUT2D eigenvalue weighted by molar-refractivity contribution is 6.53. The zero-order valence-corrected chi connectivity index (χ0v) is 13.0. The highest BCUT2D eigenvalue weighted by Gasteiger charge is 2.67. The van der Waals surface area contributed by atoms with Crippen LogP contribution in [0.4, 0.5) is 5.69 Å². The topological polar surface area (TPSA) is 46.9 Å². The minimum absolute atomic E-state index is 0.174. The number of nitrogens with one attached hydrogen (secondary N) is 1. The number of hydrogen-bond donors (Lipinski definition) is 1. The van der Waals surface area contributed by atoms with Crippen molar-refractivity contribution in [3.8, 4) is 0 Å². The largest absolute Gasteiger partial charge is 0.323 e. The number of hydrogen-bond acceptors (Lipinski definition) is 2. The highest BCUT2D eigenvalue weighted by atomic mass is 35.5. The molecule has 1 aliphatic carbocycles. The van der Waals surface area contributed by atoms with Crippen LogP contribution >= 0.6 is 23.2 Å². The maximum atomic E-state index is 12.2. The zero-order valence-electron chi connectivity index (χ0n) is 11.5. The van der Waals surface area contributed by atoms with Gasteiger partial charge in [0.15, 0.2) is 0 Å². The highest BCUT2D eigenvalue weighted by Crippen LogP contribution is 2.64. The number of aromatic nitrogens is 2. The molecule has 0 aliphatic heterocycles. The maximum Gasteiger partial charge on any atom is 0.233 e. The minimum atomic E-state index is -0.961. The normalized spacial score (nSPS) is 22.8. The van der Waals surface area contributed by atoms with Gasteiger partial charge in [-0.2, -0.15) is 5.10 Å². The van der Waals surface area contributed by atoms with Gasteiger partial charge >= 0.3 is 0 Å². The van der Waals surface area contributed by atoms with Crippen LogP contribution in [0.5, 0.6) is 0 Å². The van der Waals surface area contributed by atoms with Crippen LogP contribution in [-0.4, -0.2) is 20.0 Å². The van der Waals surface area contributed by atoms with Gasteiger partial charge in [-0.15, -0.1) is 23.2 Å². The van der Waals surface area contributed by atoms with Gasteiger partial charge in [-0.3, -0.25) is 9.48 Å². The van der Waals surface area contributed by atoms with Crippen LogP contribution in [0.2, 0.25) is 0 Å². The average molecular weight is 324 g/mol. The predicted octanol–water partition coefficient (Wildman–Crippen LogP) is 3.45. The molecule has 0 radical (unpaired) electrons. The van der Waals surface area contributed by atoms with Gasteiger partial charge < -0.3 is 5.32 Å². The van der Waals surface area contributed by atoms with Crippen LogP contribution in [0.3, 0.4) is 0 Å². The van der Waals surface area contributed by atoms with Crippen LogP contribution in [0.15, 0.2) is 42.7 Å². The lowest BCUT2D eigenvalue weighted by Gasteiger charge is -2.10. The van der Waals surface area contributed by atoms with Crippen molar-refractivity contribution in [2.75, 3.05) is 5.32 Å². The number of carbonyl (C=O) groups is 1. The van der Waals surface area contributed by atoms with Crippen molar-refractivity contribution in [3.63, 3.8) is 0 Å². The first-order valence-electron chi connectivity index (χ1n) is 6.66. The van der Waals surface area contributed by atoms with Gasteiger partial charge in [0.25, 0.3) is 0 Å². The van der Waals surface area contributed by atoms with Crippen molar-refractivity contribution < 1.29 is 4.79 Å². The molecule has 1 atom stereocenters. The summed E-state index contributed by atoms with van der Waals surface area (Å²) in [5.41, 5.74) is 1.07. The molecule has 1 fully saturated rings. The molecule has 0 spiro atoms. The number of halogens is 2. The predicted molar refractivity (Wildman–Crippen MR) is 83.6 cm³/mol. The van der Waals surface area contributed by atoms with Crippen LogP contribution in [-0.2, 0) is 11.3 Å². The van der Waals surface area contributed by atoms with Crippen molar-refractivity contribution in [3.05, 3.63) is 48.3 Å². The summed E-state index contributed by atoms with van der Waals surface area (Å²) in [5, 5.41) is 7.05. The van der Waals surface area contributed by atoms with E-state index in [1.54, 1.807) is 24.0 Å². The summed E-state index contributed by atoms with van der Waals surface area (Å²) in [5.74, 6) is -0.174. The first kappa shape index (κ1) is 14.4. The fourth-order valence-corrected chi connectivity index (χ4v) is 2.91. The van der Waals surface area contributed by atoms with E-state index in [1.165, 1.54) is 0 Å². The van der Waals surface area contributed by atoms with Gasteiger partial charge in [0, 0.05) is 6.20 Å². The maximum absolute atomic E-state index is 12.2. The SMILES string of the molecule is C[C@@]1(C(=O)Nc2cnn(Cc3ccccc3)c2)CC1(Cl)Cl. The molecular formula is C15H15Cl2N3O. The number of rotatable bonds is 4. The second-order valence-corrected chi connectivity index (χ2v) is 7.06. The summed E-state index contributed by atoms with van der Waals surface area (Å²) >= 11 is 12.0. The Morgan fingerprint density at radius 2 is 2.05 bits per heavy atom. The minimum Gasteiger partial charge on any atom is -0.323 e. The van der Waals surface area contributed by atoms with E-state index in [9.17, 15) is 4.79 Å². The smallest absolute Gasteiger partial charge is 0.233 e. The molecule has 6 heteroatoms. The number of benzene rings is 1. The molecule has 0 saturated heterocycles. The molecule has 2 aromatic rings. The molecule has 1 heterocycles. The summed E-state index contributed by atoms with van der Waals surface area (Å²) in [7, 11) is 0. The first-order chi connectivity index (χ1) is 9.91. The Hall–Kier alpha value is -1.52. The molecule has 1 aromatic heterocycles. The molecule has 1 aliphatic rings. The molecule has 0 unspecified atom stereocenters. The lowest BCUT2D eigenvalue weighted by molar-refractivity contribution is -0.120. The van der Waals surface area contributed by atoms with Gasteiger partial charge in [-0.05, 0) is 18.9 Å². The van der Waals surface area contributed by atoms with Gasteiger partial charge in [-0.25, -0.2) is 0 Å². The lowest BCUT2D eigenvalue weighted by atomic mass is 10.1. The standard InChI is InChI=1S/C15H15Cl2N3O/c1-14(10-15(14,16)17)13(21)19-12-7-18-20(9-12)8-11-5-3-2-4-6-11/h2-7,9H,8,10H2,1H3,(H,19,21)/t14-/m0/s1. The summed E-state index contributed by atoms with van der Waals surface area (Å²) in [4.78, 5) is 12.2. The Kier molecular flexibility index (Phi) is 3.46. The first-order valence-corrected chi connectivity index (χ1v) is 7.42. The lowest BCUT2D eigenvalue weighted by Crippen LogP contribution is -2.25. The summed E-state index contributed by atoms with van der Waals surface area (Å²) in [6, 6.07) is 9.99. The van der Waals surface area contributed by atoms with E-state index in [-0.39, 0.29) is 5.91 Å². The summed E-state index contributed by atoms with van der Waals surface area (Å²) in [6.45, 7) is 2.42. The van der Waals surface area contributed by atoms with Crippen LogP contribution in [0.1, 0.15) is 18.9 Å². The monoisotopic (exact) mass is 323 g/mol. The van der Waals surface area contributed by atoms with E-state index in [1.807, 2.05) is 30.3 Å². The van der Waals surface area contributed by atoms with Gasteiger partial charge in [0.1, 0.15) is 4.33 Å². The fraction of sp³-hybridized carbons (Fsp3) is 0.333. The van der Waals surface area contributed by atoms with E-state index in [0.29, 0.717) is 18.7 Å². The Balaban J connectivity index is 1.65. The Morgan fingerprint density at radius 3 is 2.67 bits per heavy atom. The third-order valence-corrected chi connectivity index (χ3v) is 4.94. The van der Waals surface area contributed by atoms with Crippen LogP contribution in [0, 0.1) is 5.41 Å². The van der Waals surface area contributed by atoms with E-state index in [4.69, 9.17) is 23.2 Å². The molecule has 3 rings (SSSR count). The third-order valence-electron chi connectivity index (χ3n) is 3.84. The van der Waals surface area contributed by atoms with Crippen LogP contribution < -0.4 is 5.32 Å². The molecular weight excluding hydrogens is 309 g/mol. The molecule has 1 amide bonds. The Bertz CT molecular complexity index is 669. The summed E-state index contributed by atoms with van der Waals surface area (Å²) < 4.78 is 0.811. The summed E-state index contributed by atoms with van der Waals surface area (Å²) in [6.07, 6.45) is 3.88. The van der Waals surface area contributed by atoms with Crippen molar-refractivity contribution in [1.82, 2.24) is 9.78 Å². The zero-order chi connectivity index (χ0) is 15.1. The molecule has 1 N–H and O–H groups in total. The van der Waals surface area contributed by atoms with Crippen molar-refractivity contribution >= 4 is 34.8 Å². The Morgan fingerprint density at radius 1 is 1.38 bits per heavy atom. The van der Waals surface area contributed by atoms with Gasteiger partial charge in [0.2, 0.25) is 5.91 Å². The molecule has 1 aromatic carbocycles. The number of amides is 1. The van der Waals surface area contributed by atoms with Crippen molar-refractivity contribution in [2.24, 2.45) is 5.41 Å². The molecule has 1 saturated carbocycles. The van der Waals surface area contributed by atoms with E-state index < -0.39 is 9.75 Å². The van der Waals surface area contributed by atoms with E-state index in [2.05, 4.69) is 10.4 Å². The van der Waals surface area contributed by atoms with Crippen molar-refractivity contribution in [1.29, 1.82) is 0 Å². The van der Waals surface area contributed by atoms with E-state index in [0.717, 1.165) is 5.56 Å². The molecule has 4 nitrogen and oxygen atoms in total. The number of nitrogens with zero attached hydrogens (tertiary/aromatic N) is 2. The van der Waals surface area contributed by atoms with Crippen LogP contribution in [0.25, 0.3) is 0 Å². The second kappa shape index (κ2) is 5.04.